The van der Waals surface area contributed by atoms with E-state index in [2.05, 4.69) is 5.38 Å². The molecule has 3 nitrogen and oxygen atoms in total. The molecule has 0 unspecified atom stereocenters. The van der Waals surface area contributed by atoms with Crippen molar-refractivity contribution in [1.82, 2.24) is 0 Å². The molecule has 1 amide bonds. The topological polar surface area (TPSA) is 29.5 Å². The van der Waals surface area contributed by atoms with Gasteiger partial charge in [0, 0.05) is 11.4 Å². The number of benzene rings is 1. The molecular weight excluding hydrogens is 306 g/mol. The average molecular weight is 329 g/mol. The molecule has 1 fully saturated rings. The van der Waals surface area contributed by atoms with Gasteiger partial charge in [-0.15, -0.1) is 0 Å². The van der Waals surface area contributed by atoms with E-state index in [4.69, 9.17) is 4.74 Å². The van der Waals surface area contributed by atoms with Crippen molar-refractivity contribution in [3.05, 3.63) is 46.7 Å². The van der Waals surface area contributed by atoms with E-state index < -0.39 is 0 Å². The molecule has 0 bridgehead atoms. The third kappa shape index (κ3) is 4.14. The zero-order valence-corrected chi connectivity index (χ0v) is 14.3. The molecule has 0 N–H and O–H groups in total. The first-order chi connectivity index (χ1) is 11.2. The molecule has 1 aliphatic rings. The van der Waals surface area contributed by atoms with Gasteiger partial charge in [-0.3, -0.25) is 4.79 Å². The number of carbonyl (C=O) groups is 1. The highest BCUT2D eigenvalue weighted by molar-refractivity contribution is 7.08. The van der Waals surface area contributed by atoms with Crippen LogP contribution in [0.15, 0.2) is 41.1 Å². The maximum atomic E-state index is 12.8. The molecule has 0 saturated heterocycles. The van der Waals surface area contributed by atoms with Gasteiger partial charge in [0.1, 0.15) is 5.75 Å². The lowest BCUT2D eigenvalue weighted by Gasteiger charge is -2.33. The number of hydrogen-bond donors (Lipinski definition) is 0. The summed E-state index contributed by atoms with van der Waals surface area (Å²) >= 11 is 1.63. The molecule has 1 aliphatic carbocycles. The summed E-state index contributed by atoms with van der Waals surface area (Å²) in [5.41, 5.74) is 2.20. The molecule has 1 saturated carbocycles. The maximum absolute atomic E-state index is 12.8. The Morgan fingerprint density at radius 3 is 2.57 bits per heavy atom. The van der Waals surface area contributed by atoms with Crippen LogP contribution in [0.3, 0.4) is 0 Å². The summed E-state index contributed by atoms with van der Waals surface area (Å²) in [5.74, 6) is 0.800. The van der Waals surface area contributed by atoms with Crippen molar-refractivity contribution in [1.29, 1.82) is 0 Å². The van der Waals surface area contributed by atoms with E-state index in [0.29, 0.717) is 6.04 Å². The van der Waals surface area contributed by atoms with Gasteiger partial charge in [-0.25, -0.2) is 0 Å². The molecule has 23 heavy (non-hydrogen) atoms. The van der Waals surface area contributed by atoms with Crippen molar-refractivity contribution in [3.8, 4) is 5.75 Å². The summed E-state index contributed by atoms with van der Waals surface area (Å²) in [6, 6.07) is 10.2. The highest BCUT2D eigenvalue weighted by atomic mass is 32.1. The second-order valence-corrected chi connectivity index (χ2v) is 6.92. The zero-order valence-electron chi connectivity index (χ0n) is 13.5. The van der Waals surface area contributed by atoms with Gasteiger partial charge in [0.15, 0.2) is 6.61 Å². The van der Waals surface area contributed by atoms with E-state index in [-0.39, 0.29) is 12.5 Å². The lowest BCUT2D eigenvalue weighted by molar-refractivity contribution is -0.121. The first kappa shape index (κ1) is 16.1. The van der Waals surface area contributed by atoms with Gasteiger partial charge < -0.3 is 9.64 Å². The molecule has 122 valence electrons. The molecule has 0 atom stereocenters. The lowest BCUT2D eigenvalue weighted by atomic mass is 9.94. The van der Waals surface area contributed by atoms with Crippen LogP contribution in [0.1, 0.15) is 37.7 Å². The second kappa shape index (κ2) is 7.64. The van der Waals surface area contributed by atoms with E-state index >= 15 is 0 Å². The minimum Gasteiger partial charge on any atom is -0.484 e. The quantitative estimate of drug-likeness (QED) is 0.788. The van der Waals surface area contributed by atoms with Crippen LogP contribution in [0.2, 0.25) is 0 Å². The van der Waals surface area contributed by atoms with E-state index in [0.717, 1.165) is 24.3 Å². The first-order valence-electron chi connectivity index (χ1n) is 8.28. The summed E-state index contributed by atoms with van der Waals surface area (Å²) in [6.45, 7) is 2.13. The summed E-state index contributed by atoms with van der Waals surface area (Å²) < 4.78 is 5.70. The van der Waals surface area contributed by atoms with Gasteiger partial charge in [0.2, 0.25) is 0 Å². The highest BCUT2D eigenvalue weighted by Gasteiger charge is 2.27. The Kier molecular flexibility index (Phi) is 5.34. The number of rotatable bonds is 5. The van der Waals surface area contributed by atoms with Crippen LogP contribution in [0.5, 0.6) is 5.75 Å². The van der Waals surface area contributed by atoms with E-state index in [1.165, 1.54) is 24.8 Å². The Morgan fingerprint density at radius 2 is 1.91 bits per heavy atom. The molecule has 0 radical (unpaired) electrons. The van der Waals surface area contributed by atoms with Crippen molar-refractivity contribution in [2.24, 2.45) is 0 Å². The third-order valence-electron chi connectivity index (χ3n) is 4.38. The van der Waals surface area contributed by atoms with Gasteiger partial charge in [-0.2, -0.15) is 11.3 Å². The number of hydrogen-bond acceptors (Lipinski definition) is 3. The third-order valence-corrected chi connectivity index (χ3v) is 5.05. The molecule has 1 heterocycles. The Hall–Kier alpha value is -1.81. The molecule has 3 rings (SSSR count). The van der Waals surface area contributed by atoms with E-state index in [1.54, 1.807) is 11.3 Å². The normalized spacial score (nSPS) is 15.3. The molecule has 0 aliphatic heterocycles. The van der Waals surface area contributed by atoms with Crippen LogP contribution < -0.4 is 9.64 Å². The van der Waals surface area contributed by atoms with E-state index in [1.807, 2.05) is 47.5 Å². The van der Waals surface area contributed by atoms with Crippen LogP contribution in [-0.2, 0) is 4.79 Å². The molecular formula is C19H23NO2S. The van der Waals surface area contributed by atoms with Crippen LogP contribution in [0, 0.1) is 6.92 Å². The van der Waals surface area contributed by atoms with Crippen LogP contribution in [-0.4, -0.2) is 18.6 Å². The Morgan fingerprint density at radius 1 is 1.17 bits per heavy atom. The minimum absolute atomic E-state index is 0.0517. The Bertz CT molecular complexity index is 615. The van der Waals surface area contributed by atoms with Gasteiger partial charge in [-0.05, 0) is 43.3 Å². The minimum atomic E-state index is 0.0517. The number of carbonyl (C=O) groups excluding carboxylic acids is 1. The number of amides is 1. The number of nitrogens with zero attached hydrogens (tertiary/aromatic N) is 1. The van der Waals surface area contributed by atoms with Gasteiger partial charge in [0.25, 0.3) is 5.91 Å². The zero-order chi connectivity index (χ0) is 16.1. The fraction of sp³-hybridized carbons (Fsp3) is 0.421. The number of thiophene rings is 1. The van der Waals surface area contributed by atoms with Crippen LogP contribution in [0.4, 0.5) is 5.69 Å². The highest BCUT2D eigenvalue weighted by Crippen LogP contribution is 2.29. The van der Waals surface area contributed by atoms with Gasteiger partial charge >= 0.3 is 0 Å². The van der Waals surface area contributed by atoms with Crippen molar-refractivity contribution < 1.29 is 9.53 Å². The van der Waals surface area contributed by atoms with Crippen molar-refractivity contribution in [2.75, 3.05) is 11.5 Å². The predicted octanol–water partition coefficient (Wildman–Crippen LogP) is 4.80. The summed E-state index contributed by atoms with van der Waals surface area (Å²) in [6.07, 6.45) is 5.87. The number of ether oxygens (including phenoxy) is 1. The van der Waals surface area contributed by atoms with Crippen molar-refractivity contribution >= 4 is 22.9 Å². The molecule has 0 spiro atoms. The fourth-order valence-electron chi connectivity index (χ4n) is 3.14. The van der Waals surface area contributed by atoms with Gasteiger partial charge in [0.05, 0.1) is 5.69 Å². The smallest absolute Gasteiger partial charge is 0.265 e. The monoisotopic (exact) mass is 329 g/mol. The summed E-state index contributed by atoms with van der Waals surface area (Å²) in [4.78, 5) is 14.7. The molecule has 4 heteroatoms. The Labute approximate surface area is 141 Å². The largest absolute Gasteiger partial charge is 0.484 e. The standard InChI is InChI=1S/C19H23NO2S/c1-15-7-9-18(10-8-15)22-13-19(21)20(17-11-12-23-14-17)16-5-3-2-4-6-16/h7-12,14,16H,2-6,13H2,1H3. The van der Waals surface area contributed by atoms with E-state index in [9.17, 15) is 4.79 Å². The van der Waals surface area contributed by atoms with Crippen LogP contribution >= 0.6 is 11.3 Å². The van der Waals surface area contributed by atoms with Gasteiger partial charge in [-0.1, -0.05) is 37.0 Å². The summed E-state index contributed by atoms with van der Waals surface area (Å²) in [5, 5.41) is 4.08. The predicted molar refractivity (Wildman–Crippen MR) is 95.4 cm³/mol. The molecule has 1 aromatic heterocycles. The lowest BCUT2D eigenvalue weighted by Crippen LogP contribution is -2.43. The maximum Gasteiger partial charge on any atom is 0.265 e. The van der Waals surface area contributed by atoms with Crippen LogP contribution in [0.25, 0.3) is 0 Å². The first-order valence-corrected chi connectivity index (χ1v) is 9.22. The Balaban J connectivity index is 1.68. The average Bonchev–Trinajstić information content (AvgIpc) is 3.10. The molecule has 1 aromatic carbocycles. The summed E-state index contributed by atoms with van der Waals surface area (Å²) in [7, 11) is 0. The SMILES string of the molecule is Cc1ccc(OCC(=O)N(c2ccsc2)C2CCCCC2)cc1. The fourth-order valence-corrected chi connectivity index (χ4v) is 3.77. The number of anilines is 1. The van der Waals surface area contributed by atoms with Crippen molar-refractivity contribution in [3.63, 3.8) is 0 Å². The van der Waals surface area contributed by atoms with Crippen molar-refractivity contribution in [2.45, 2.75) is 45.1 Å². The number of aryl methyl sites for hydroxylation is 1. The second-order valence-electron chi connectivity index (χ2n) is 6.14. The molecule has 2 aromatic rings.